The molecule has 0 saturated carbocycles. The Hall–Kier alpha value is -1.78. The molecule has 0 bridgehead atoms. The Morgan fingerprint density at radius 1 is 1.14 bits per heavy atom. The van der Waals surface area contributed by atoms with Crippen molar-refractivity contribution < 1.29 is 9.13 Å². The van der Waals surface area contributed by atoms with E-state index >= 15 is 0 Å². The number of ether oxygens (including phenoxy) is 1. The zero-order valence-corrected chi connectivity index (χ0v) is 12.5. The number of aromatic amines is 1. The number of halogens is 3. The van der Waals surface area contributed by atoms with Crippen LogP contribution >= 0.6 is 23.2 Å². The molecule has 1 unspecified atom stereocenters. The summed E-state index contributed by atoms with van der Waals surface area (Å²) in [5.41, 5.74) is 1.50. The summed E-state index contributed by atoms with van der Waals surface area (Å²) < 4.78 is 18.6. The van der Waals surface area contributed by atoms with Crippen LogP contribution in [0, 0.1) is 5.82 Å². The van der Waals surface area contributed by atoms with Crippen LogP contribution in [0.3, 0.4) is 0 Å². The monoisotopic (exact) mass is 324 g/mol. The second-order valence-corrected chi connectivity index (χ2v) is 5.43. The van der Waals surface area contributed by atoms with Crippen LogP contribution in [0.1, 0.15) is 18.9 Å². The van der Waals surface area contributed by atoms with E-state index in [9.17, 15) is 4.39 Å². The Balaban J connectivity index is 1.87. The minimum Gasteiger partial charge on any atom is -0.483 e. The molecule has 3 aromatic rings. The molecule has 3 rings (SSSR count). The number of rotatable bonds is 3. The van der Waals surface area contributed by atoms with Crippen LogP contribution in [0.4, 0.5) is 4.39 Å². The number of H-pyrrole nitrogens is 1. The molecule has 0 radical (unpaired) electrons. The molecule has 21 heavy (non-hydrogen) atoms. The molecular weight excluding hydrogens is 314 g/mol. The fourth-order valence-corrected chi connectivity index (χ4v) is 2.31. The number of fused-ring (bicyclic) bond motifs is 1. The fourth-order valence-electron chi connectivity index (χ4n) is 1.99. The largest absolute Gasteiger partial charge is 0.483 e. The molecule has 0 saturated heterocycles. The van der Waals surface area contributed by atoms with Gasteiger partial charge in [-0.05, 0) is 43.3 Å². The van der Waals surface area contributed by atoms with Crippen LogP contribution in [-0.2, 0) is 0 Å². The first-order chi connectivity index (χ1) is 10.0. The Morgan fingerprint density at radius 2 is 1.81 bits per heavy atom. The first-order valence-corrected chi connectivity index (χ1v) is 7.05. The molecule has 108 valence electrons. The normalized spacial score (nSPS) is 12.6. The van der Waals surface area contributed by atoms with E-state index in [1.807, 2.05) is 6.92 Å². The maximum absolute atomic E-state index is 12.9. The maximum atomic E-state index is 12.9. The highest BCUT2D eigenvalue weighted by molar-refractivity contribution is 6.42. The number of hydrogen-bond donors (Lipinski definition) is 1. The highest BCUT2D eigenvalue weighted by Crippen LogP contribution is 2.28. The van der Waals surface area contributed by atoms with Gasteiger partial charge in [-0.1, -0.05) is 23.2 Å². The van der Waals surface area contributed by atoms with Crippen LogP contribution in [0.5, 0.6) is 5.75 Å². The number of hydrogen-bond acceptors (Lipinski definition) is 2. The average Bonchev–Trinajstić information content (AvgIpc) is 2.85. The summed E-state index contributed by atoms with van der Waals surface area (Å²) in [6.45, 7) is 1.85. The van der Waals surface area contributed by atoms with Gasteiger partial charge in [0.25, 0.3) is 0 Å². The van der Waals surface area contributed by atoms with Crippen LogP contribution in [0.25, 0.3) is 11.0 Å². The van der Waals surface area contributed by atoms with Gasteiger partial charge in [-0.15, -0.1) is 0 Å². The van der Waals surface area contributed by atoms with Gasteiger partial charge in [0.1, 0.15) is 17.4 Å². The van der Waals surface area contributed by atoms with Crippen molar-refractivity contribution in [2.45, 2.75) is 13.0 Å². The van der Waals surface area contributed by atoms with Gasteiger partial charge >= 0.3 is 0 Å². The van der Waals surface area contributed by atoms with Crippen molar-refractivity contribution in [1.29, 1.82) is 0 Å². The predicted octanol–water partition coefficient (Wildman–Crippen LogP) is 5.15. The second kappa shape index (κ2) is 5.54. The molecule has 1 N–H and O–H groups in total. The molecule has 0 aliphatic rings. The first kappa shape index (κ1) is 14.2. The van der Waals surface area contributed by atoms with E-state index < -0.39 is 0 Å². The molecular formula is C15H11Cl2FN2O. The SMILES string of the molecule is CC(Oc1ccc(F)cc1)c1nc2cc(Cl)c(Cl)cc2[nH]1. The second-order valence-electron chi connectivity index (χ2n) is 4.62. The highest BCUT2D eigenvalue weighted by Gasteiger charge is 2.14. The van der Waals surface area contributed by atoms with Gasteiger partial charge in [0, 0.05) is 0 Å². The lowest BCUT2D eigenvalue weighted by Crippen LogP contribution is -2.04. The van der Waals surface area contributed by atoms with E-state index in [4.69, 9.17) is 27.9 Å². The molecule has 0 fully saturated rings. The highest BCUT2D eigenvalue weighted by atomic mass is 35.5. The van der Waals surface area contributed by atoms with Crippen molar-refractivity contribution in [3.63, 3.8) is 0 Å². The lowest BCUT2D eigenvalue weighted by atomic mass is 10.3. The summed E-state index contributed by atoms with van der Waals surface area (Å²) in [4.78, 5) is 7.57. The van der Waals surface area contributed by atoms with Crippen molar-refractivity contribution in [1.82, 2.24) is 9.97 Å². The minimum absolute atomic E-state index is 0.303. The van der Waals surface area contributed by atoms with Gasteiger partial charge in [-0.3, -0.25) is 0 Å². The summed E-state index contributed by atoms with van der Waals surface area (Å²) in [7, 11) is 0. The number of imidazole rings is 1. The number of nitrogens with one attached hydrogen (secondary N) is 1. The number of nitrogens with zero attached hydrogens (tertiary/aromatic N) is 1. The molecule has 0 spiro atoms. The summed E-state index contributed by atoms with van der Waals surface area (Å²) in [5.74, 6) is 0.913. The molecule has 2 aromatic carbocycles. The lowest BCUT2D eigenvalue weighted by Gasteiger charge is -2.12. The zero-order valence-electron chi connectivity index (χ0n) is 11.0. The van der Waals surface area contributed by atoms with E-state index in [0.29, 0.717) is 27.1 Å². The molecule has 3 nitrogen and oxygen atoms in total. The average molecular weight is 325 g/mol. The molecule has 1 atom stereocenters. The molecule has 6 heteroatoms. The van der Waals surface area contributed by atoms with E-state index in [-0.39, 0.29) is 11.9 Å². The smallest absolute Gasteiger partial charge is 0.153 e. The van der Waals surface area contributed by atoms with Gasteiger partial charge in [-0.2, -0.15) is 0 Å². The van der Waals surface area contributed by atoms with Crippen molar-refractivity contribution in [2.24, 2.45) is 0 Å². The Labute approximate surface area is 130 Å². The third-order valence-electron chi connectivity index (χ3n) is 3.05. The van der Waals surface area contributed by atoms with Crippen molar-refractivity contribution in [2.75, 3.05) is 0 Å². The summed E-state index contributed by atoms with van der Waals surface area (Å²) in [6, 6.07) is 9.26. The predicted molar refractivity (Wildman–Crippen MR) is 81.6 cm³/mol. The Bertz CT molecular complexity index is 747. The lowest BCUT2D eigenvalue weighted by molar-refractivity contribution is 0.217. The number of benzene rings is 2. The fraction of sp³-hybridized carbons (Fsp3) is 0.133. The van der Waals surface area contributed by atoms with Crippen LogP contribution < -0.4 is 4.74 Å². The summed E-state index contributed by atoms with van der Waals surface area (Å²) in [5, 5.41) is 0.917. The van der Waals surface area contributed by atoms with Crippen molar-refractivity contribution in [3.05, 3.63) is 58.1 Å². The third-order valence-corrected chi connectivity index (χ3v) is 3.78. The standard InChI is InChI=1S/C15H11Cl2FN2O/c1-8(21-10-4-2-9(18)3-5-10)15-19-13-6-11(16)12(17)7-14(13)20-15/h2-8H,1H3,(H,19,20). The minimum atomic E-state index is -0.319. The van der Waals surface area contributed by atoms with Crippen LogP contribution in [0.15, 0.2) is 36.4 Å². The van der Waals surface area contributed by atoms with Gasteiger partial charge in [-0.25, -0.2) is 9.37 Å². The van der Waals surface area contributed by atoms with Crippen LogP contribution in [-0.4, -0.2) is 9.97 Å². The van der Waals surface area contributed by atoms with E-state index in [2.05, 4.69) is 9.97 Å². The van der Waals surface area contributed by atoms with E-state index in [1.165, 1.54) is 12.1 Å². The molecule has 1 aromatic heterocycles. The van der Waals surface area contributed by atoms with Gasteiger partial charge < -0.3 is 9.72 Å². The molecule has 1 heterocycles. The molecule has 0 amide bonds. The van der Waals surface area contributed by atoms with Gasteiger partial charge in [0.2, 0.25) is 0 Å². The quantitative estimate of drug-likeness (QED) is 0.723. The van der Waals surface area contributed by atoms with Gasteiger partial charge in [0.15, 0.2) is 6.10 Å². The molecule has 0 aliphatic heterocycles. The molecule has 0 aliphatic carbocycles. The Morgan fingerprint density at radius 3 is 2.52 bits per heavy atom. The van der Waals surface area contributed by atoms with E-state index in [1.54, 1.807) is 24.3 Å². The summed E-state index contributed by atoms with van der Waals surface area (Å²) >= 11 is 11.9. The maximum Gasteiger partial charge on any atom is 0.153 e. The van der Waals surface area contributed by atoms with Gasteiger partial charge in [0.05, 0.1) is 21.1 Å². The first-order valence-electron chi connectivity index (χ1n) is 6.30. The zero-order chi connectivity index (χ0) is 15.0. The third kappa shape index (κ3) is 2.96. The van der Waals surface area contributed by atoms with Crippen molar-refractivity contribution >= 4 is 34.2 Å². The van der Waals surface area contributed by atoms with Crippen LogP contribution in [0.2, 0.25) is 10.0 Å². The topological polar surface area (TPSA) is 37.9 Å². The van der Waals surface area contributed by atoms with E-state index in [0.717, 1.165) is 5.52 Å². The Kier molecular flexibility index (Phi) is 3.74. The number of aromatic nitrogens is 2. The summed E-state index contributed by atoms with van der Waals surface area (Å²) in [6.07, 6.45) is -0.319. The van der Waals surface area contributed by atoms with Crippen molar-refractivity contribution in [3.8, 4) is 5.75 Å².